The molecule has 0 saturated heterocycles. The Morgan fingerprint density at radius 3 is 2.50 bits per heavy atom. The lowest BCUT2D eigenvalue weighted by Crippen LogP contribution is -2.16. The molecule has 104 valence electrons. The van der Waals surface area contributed by atoms with Crippen LogP contribution in [0.25, 0.3) is 0 Å². The molecule has 0 saturated carbocycles. The van der Waals surface area contributed by atoms with Crippen molar-refractivity contribution in [2.75, 3.05) is 5.32 Å². The largest absolute Gasteiger partial charge is 0.320 e. The molecule has 1 aromatic carbocycles. The predicted octanol–water partition coefficient (Wildman–Crippen LogP) is 2.33. The molecule has 5 heteroatoms. The molecular formula is C15H17N3O2. The third-order valence-corrected chi connectivity index (χ3v) is 3.03. The standard InChI is InChI=1S/C15H17N3O2/c1-11-3-5-12(6-4-11)13(19)7-8-14(20)17-15-16-9-10-18(15)2/h3-6,9-10H,7-8H2,1-2H3,(H,16,17,20). The summed E-state index contributed by atoms with van der Waals surface area (Å²) in [4.78, 5) is 27.7. The molecule has 0 aliphatic rings. The van der Waals surface area contributed by atoms with Crippen LogP contribution in [0.5, 0.6) is 0 Å². The molecule has 20 heavy (non-hydrogen) atoms. The Bertz CT molecular complexity index is 614. The van der Waals surface area contributed by atoms with Gasteiger partial charge in [-0.05, 0) is 6.92 Å². The van der Waals surface area contributed by atoms with Crippen LogP contribution in [-0.4, -0.2) is 21.2 Å². The Hall–Kier alpha value is -2.43. The van der Waals surface area contributed by atoms with Crippen LogP contribution in [0.4, 0.5) is 5.95 Å². The van der Waals surface area contributed by atoms with Gasteiger partial charge >= 0.3 is 0 Å². The Kier molecular flexibility index (Phi) is 4.30. The van der Waals surface area contributed by atoms with Crippen LogP contribution in [0.3, 0.4) is 0 Å². The monoisotopic (exact) mass is 271 g/mol. The van der Waals surface area contributed by atoms with Crippen LogP contribution in [0.15, 0.2) is 36.7 Å². The Balaban J connectivity index is 1.85. The van der Waals surface area contributed by atoms with Crippen molar-refractivity contribution in [1.82, 2.24) is 9.55 Å². The summed E-state index contributed by atoms with van der Waals surface area (Å²) in [5.74, 6) is 0.248. The van der Waals surface area contributed by atoms with Gasteiger partial charge in [0.1, 0.15) is 0 Å². The van der Waals surface area contributed by atoms with Crippen molar-refractivity contribution in [3.63, 3.8) is 0 Å². The van der Waals surface area contributed by atoms with Crippen molar-refractivity contribution in [1.29, 1.82) is 0 Å². The van der Waals surface area contributed by atoms with Crippen LogP contribution >= 0.6 is 0 Å². The smallest absolute Gasteiger partial charge is 0.227 e. The van der Waals surface area contributed by atoms with E-state index < -0.39 is 0 Å². The number of nitrogens with zero attached hydrogens (tertiary/aromatic N) is 2. The van der Waals surface area contributed by atoms with E-state index in [1.165, 1.54) is 0 Å². The SMILES string of the molecule is Cc1ccc(C(=O)CCC(=O)Nc2nccn2C)cc1. The topological polar surface area (TPSA) is 64.0 Å². The first kappa shape index (κ1) is 14.0. The number of carbonyl (C=O) groups is 2. The molecule has 0 atom stereocenters. The van der Waals surface area contributed by atoms with Crippen molar-refractivity contribution < 1.29 is 9.59 Å². The van der Waals surface area contributed by atoms with Crippen LogP contribution in [0.1, 0.15) is 28.8 Å². The van der Waals surface area contributed by atoms with Crippen LogP contribution < -0.4 is 5.32 Å². The first-order valence-electron chi connectivity index (χ1n) is 6.43. The van der Waals surface area contributed by atoms with Gasteiger partial charge in [-0.25, -0.2) is 4.98 Å². The number of rotatable bonds is 5. The summed E-state index contributed by atoms with van der Waals surface area (Å²) in [6.45, 7) is 1.97. The van der Waals surface area contributed by atoms with E-state index in [0.717, 1.165) is 5.56 Å². The van der Waals surface area contributed by atoms with Crippen LogP contribution in [0.2, 0.25) is 0 Å². The molecule has 1 amide bonds. The van der Waals surface area contributed by atoms with Crippen molar-refractivity contribution in [2.45, 2.75) is 19.8 Å². The second-order valence-electron chi connectivity index (χ2n) is 4.70. The highest BCUT2D eigenvalue weighted by molar-refractivity contribution is 5.99. The summed E-state index contributed by atoms with van der Waals surface area (Å²) >= 11 is 0. The zero-order chi connectivity index (χ0) is 14.5. The highest BCUT2D eigenvalue weighted by Gasteiger charge is 2.10. The number of hydrogen-bond acceptors (Lipinski definition) is 3. The van der Waals surface area contributed by atoms with E-state index in [1.54, 1.807) is 36.1 Å². The number of amides is 1. The number of benzene rings is 1. The molecule has 0 bridgehead atoms. The van der Waals surface area contributed by atoms with Gasteiger partial charge in [-0.2, -0.15) is 0 Å². The second-order valence-corrected chi connectivity index (χ2v) is 4.70. The summed E-state index contributed by atoms with van der Waals surface area (Å²) < 4.78 is 1.71. The molecule has 1 aromatic heterocycles. The lowest BCUT2D eigenvalue weighted by molar-refractivity contribution is -0.116. The molecule has 1 N–H and O–H groups in total. The van der Waals surface area contributed by atoms with E-state index in [0.29, 0.717) is 11.5 Å². The van der Waals surface area contributed by atoms with E-state index in [-0.39, 0.29) is 24.5 Å². The molecule has 5 nitrogen and oxygen atoms in total. The van der Waals surface area contributed by atoms with Gasteiger partial charge in [0.05, 0.1) is 0 Å². The molecule has 0 radical (unpaired) electrons. The zero-order valence-corrected chi connectivity index (χ0v) is 11.6. The molecule has 2 rings (SSSR count). The average Bonchev–Trinajstić information content (AvgIpc) is 2.82. The normalized spacial score (nSPS) is 10.3. The Morgan fingerprint density at radius 2 is 1.90 bits per heavy atom. The number of anilines is 1. The fraction of sp³-hybridized carbons (Fsp3) is 0.267. The summed E-state index contributed by atoms with van der Waals surface area (Å²) in [5.41, 5.74) is 1.74. The third kappa shape index (κ3) is 3.54. The maximum Gasteiger partial charge on any atom is 0.227 e. The van der Waals surface area contributed by atoms with Gasteiger partial charge in [0, 0.05) is 37.8 Å². The van der Waals surface area contributed by atoms with Crippen LogP contribution in [0, 0.1) is 6.92 Å². The number of hydrogen-bond donors (Lipinski definition) is 1. The highest BCUT2D eigenvalue weighted by atomic mass is 16.2. The summed E-state index contributed by atoms with van der Waals surface area (Å²) in [6, 6.07) is 7.35. The lowest BCUT2D eigenvalue weighted by atomic mass is 10.1. The number of ketones is 1. The summed E-state index contributed by atoms with van der Waals surface area (Å²) in [6.07, 6.45) is 3.69. The number of Topliss-reactive ketones (excluding diaryl/α,β-unsaturated/α-hetero) is 1. The molecule has 0 unspecified atom stereocenters. The van der Waals surface area contributed by atoms with E-state index in [4.69, 9.17) is 0 Å². The van der Waals surface area contributed by atoms with Crippen molar-refractivity contribution >= 4 is 17.6 Å². The Labute approximate surface area is 117 Å². The van der Waals surface area contributed by atoms with E-state index in [2.05, 4.69) is 10.3 Å². The summed E-state index contributed by atoms with van der Waals surface area (Å²) in [7, 11) is 1.79. The molecule has 0 aliphatic heterocycles. The zero-order valence-electron chi connectivity index (χ0n) is 11.6. The fourth-order valence-corrected chi connectivity index (χ4v) is 1.78. The molecule has 2 aromatic rings. The van der Waals surface area contributed by atoms with Crippen LogP contribution in [-0.2, 0) is 11.8 Å². The minimum atomic E-state index is -0.209. The third-order valence-electron chi connectivity index (χ3n) is 3.03. The number of aryl methyl sites for hydroxylation is 2. The first-order valence-corrected chi connectivity index (χ1v) is 6.43. The quantitative estimate of drug-likeness (QED) is 0.849. The van der Waals surface area contributed by atoms with E-state index in [9.17, 15) is 9.59 Å². The van der Waals surface area contributed by atoms with Crippen molar-refractivity contribution in [2.24, 2.45) is 7.05 Å². The number of nitrogens with one attached hydrogen (secondary N) is 1. The summed E-state index contributed by atoms with van der Waals surface area (Å²) in [5, 5.41) is 2.67. The second kappa shape index (κ2) is 6.14. The van der Waals surface area contributed by atoms with Gasteiger partial charge in [0.2, 0.25) is 11.9 Å². The van der Waals surface area contributed by atoms with E-state index in [1.807, 2.05) is 19.1 Å². The first-order chi connectivity index (χ1) is 9.56. The average molecular weight is 271 g/mol. The maximum absolute atomic E-state index is 11.9. The lowest BCUT2D eigenvalue weighted by Gasteiger charge is -2.05. The van der Waals surface area contributed by atoms with Crippen molar-refractivity contribution in [3.05, 3.63) is 47.8 Å². The number of carbonyl (C=O) groups excluding carboxylic acids is 2. The maximum atomic E-state index is 11.9. The van der Waals surface area contributed by atoms with Gasteiger partial charge in [0.25, 0.3) is 0 Å². The van der Waals surface area contributed by atoms with Gasteiger partial charge in [-0.1, -0.05) is 29.8 Å². The fourth-order valence-electron chi connectivity index (χ4n) is 1.78. The molecule has 0 aliphatic carbocycles. The Morgan fingerprint density at radius 1 is 1.20 bits per heavy atom. The minimum Gasteiger partial charge on any atom is -0.320 e. The molecular weight excluding hydrogens is 254 g/mol. The molecule has 1 heterocycles. The van der Waals surface area contributed by atoms with E-state index >= 15 is 0 Å². The molecule has 0 spiro atoms. The number of imidazole rings is 1. The predicted molar refractivity (Wildman–Crippen MR) is 76.6 cm³/mol. The van der Waals surface area contributed by atoms with Crippen molar-refractivity contribution in [3.8, 4) is 0 Å². The van der Waals surface area contributed by atoms with Gasteiger partial charge in [0.15, 0.2) is 5.78 Å². The number of aromatic nitrogens is 2. The highest BCUT2D eigenvalue weighted by Crippen LogP contribution is 2.09. The van der Waals surface area contributed by atoms with Gasteiger partial charge < -0.3 is 4.57 Å². The van der Waals surface area contributed by atoms with Gasteiger partial charge in [-0.15, -0.1) is 0 Å². The molecule has 0 fully saturated rings. The minimum absolute atomic E-state index is 0.0278. The van der Waals surface area contributed by atoms with Gasteiger partial charge in [-0.3, -0.25) is 14.9 Å².